The second-order valence-corrected chi connectivity index (χ2v) is 8.64. The van der Waals surface area contributed by atoms with Crippen LogP contribution in [0.5, 0.6) is 0 Å². The number of carbonyl (C=O) groups excluding carboxylic acids is 2. The molecule has 3 fully saturated rings. The van der Waals surface area contributed by atoms with Crippen LogP contribution in [0.15, 0.2) is 18.2 Å². The van der Waals surface area contributed by atoms with Gasteiger partial charge in [0.1, 0.15) is 11.6 Å². The summed E-state index contributed by atoms with van der Waals surface area (Å²) >= 11 is 0. The average Bonchev–Trinajstić information content (AvgIpc) is 3.46. The van der Waals surface area contributed by atoms with Gasteiger partial charge in [0.05, 0.1) is 0 Å². The van der Waals surface area contributed by atoms with Gasteiger partial charge in [-0.2, -0.15) is 0 Å². The highest BCUT2D eigenvalue weighted by molar-refractivity contribution is 5.79. The Labute approximate surface area is 170 Å². The molecule has 1 aliphatic heterocycles. The van der Waals surface area contributed by atoms with Gasteiger partial charge in [-0.05, 0) is 44.2 Å². The Balaban J connectivity index is 1.20. The Bertz CT molecular complexity index is 738. The van der Waals surface area contributed by atoms with Gasteiger partial charge in [-0.3, -0.25) is 4.79 Å². The second-order valence-electron chi connectivity index (χ2n) is 8.64. The van der Waals surface area contributed by atoms with Crippen molar-refractivity contribution in [3.05, 3.63) is 35.4 Å². The zero-order chi connectivity index (χ0) is 20.4. The lowest BCUT2D eigenvalue weighted by molar-refractivity contribution is -0.137. The van der Waals surface area contributed by atoms with Gasteiger partial charge in [-0.25, -0.2) is 13.6 Å². The molecule has 2 N–H and O–H groups in total. The molecule has 2 unspecified atom stereocenters. The summed E-state index contributed by atoms with van der Waals surface area (Å²) in [4.78, 5) is 26.9. The Hall–Kier alpha value is -2.18. The molecule has 1 heterocycles. The van der Waals surface area contributed by atoms with E-state index in [0.717, 1.165) is 38.5 Å². The molecular formula is C22H29F2N3O2. The topological polar surface area (TPSA) is 61.4 Å². The van der Waals surface area contributed by atoms with Gasteiger partial charge >= 0.3 is 6.03 Å². The smallest absolute Gasteiger partial charge is 0.315 e. The quantitative estimate of drug-likeness (QED) is 0.803. The van der Waals surface area contributed by atoms with Gasteiger partial charge in [0, 0.05) is 42.6 Å². The molecule has 158 valence electrons. The first kappa shape index (κ1) is 20.1. The van der Waals surface area contributed by atoms with Crippen molar-refractivity contribution in [3.63, 3.8) is 0 Å². The molecule has 0 spiro atoms. The SMILES string of the molecule is O=C(NC1CCN(C(=O)C2CCCCC2)CC1)NC1CC1c1c(F)cccc1F. The Morgan fingerprint density at radius 2 is 1.59 bits per heavy atom. The van der Waals surface area contributed by atoms with E-state index in [4.69, 9.17) is 0 Å². The summed E-state index contributed by atoms with van der Waals surface area (Å²) in [6, 6.07) is 3.32. The number of piperidine rings is 1. The molecule has 2 aliphatic carbocycles. The van der Waals surface area contributed by atoms with E-state index in [1.165, 1.54) is 24.6 Å². The largest absolute Gasteiger partial charge is 0.342 e. The zero-order valence-corrected chi connectivity index (χ0v) is 16.6. The van der Waals surface area contributed by atoms with E-state index in [1.807, 2.05) is 4.90 Å². The Morgan fingerprint density at radius 3 is 2.24 bits per heavy atom. The minimum Gasteiger partial charge on any atom is -0.342 e. The monoisotopic (exact) mass is 405 g/mol. The third-order valence-electron chi connectivity index (χ3n) is 6.57. The first-order chi connectivity index (χ1) is 14.0. The highest BCUT2D eigenvalue weighted by Crippen LogP contribution is 2.43. The third kappa shape index (κ3) is 4.70. The minimum atomic E-state index is -0.560. The molecule has 2 atom stereocenters. The molecule has 29 heavy (non-hydrogen) atoms. The fourth-order valence-corrected chi connectivity index (χ4v) is 4.79. The van der Waals surface area contributed by atoms with E-state index < -0.39 is 11.6 Å². The predicted octanol–water partition coefficient (Wildman–Crippen LogP) is 3.69. The lowest BCUT2D eigenvalue weighted by atomic mass is 9.87. The zero-order valence-electron chi connectivity index (χ0n) is 16.6. The predicted molar refractivity (Wildman–Crippen MR) is 105 cm³/mol. The van der Waals surface area contributed by atoms with Crippen LogP contribution in [0, 0.1) is 17.6 Å². The summed E-state index contributed by atoms with van der Waals surface area (Å²) < 4.78 is 27.7. The van der Waals surface area contributed by atoms with Gasteiger partial charge in [0.15, 0.2) is 0 Å². The van der Waals surface area contributed by atoms with Crippen LogP contribution in [-0.2, 0) is 4.79 Å². The molecule has 1 aromatic rings. The Morgan fingerprint density at radius 1 is 0.931 bits per heavy atom. The van der Waals surface area contributed by atoms with Crippen LogP contribution in [0.2, 0.25) is 0 Å². The standard InChI is InChI=1S/C22H29F2N3O2/c23-17-7-4-8-18(24)20(17)16-13-19(16)26-22(29)25-15-9-11-27(12-10-15)21(28)14-5-2-1-3-6-14/h4,7-8,14-16,19H,1-3,5-6,9-13H2,(H2,25,26,29). The number of rotatable bonds is 4. The number of nitrogens with zero attached hydrogens (tertiary/aromatic N) is 1. The molecule has 0 bridgehead atoms. The van der Waals surface area contributed by atoms with E-state index in [-0.39, 0.29) is 41.4 Å². The van der Waals surface area contributed by atoms with Crippen LogP contribution < -0.4 is 10.6 Å². The van der Waals surface area contributed by atoms with Crippen molar-refractivity contribution in [2.24, 2.45) is 5.92 Å². The average molecular weight is 405 g/mol. The molecule has 1 saturated heterocycles. The highest BCUT2D eigenvalue weighted by atomic mass is 19.1. The highest BCUT2D eigenvalue weighted by Gasteiger charge is 2.43. The number of halogens is 2. The summed E-state index contributed by atoms with van der Waals surface area (Å²) in [6.07, 6.45) is 7.55. The second kappa shape index (κ2) is 8.67. The van der Waals surface area contributed by atoms with Gasteiger partial charge in [0.2, 0.25) is 5.91 Å². The first-order valence-electron chi connectivity index (χ1n) is 10.8. The molecule has 2 saturated carbocycles. The Kier molecular flexibility index (Phi) is 6.01. The van der Waals surface area contributed by atoms with E-state index >= 15 is 0 Å². The minimum absolute atomic E-state index is 0.0211. The van der Waals surface area contributed by atoms with Gasteiger partial charge < -0.3 is 15.5 Å². The van der Waals surface area contributed by atoms with Gasteiger partial charge in [-0.15, -0.1) is 0 Å². The van der Waals surface area contributed by atoms with Gasteiger partial charge in [-0.1, -0.05) is 25.3 Å². The van der Waals surface area contributed by atoms with Crippen molar-refractivity contribution in [2.75, 3.05) is 13.1 Å². The van der Waals surface area contributed by atoms with Gasteiger partial charge in [0.25, 0.3) is 0 Å². The summed E-state index contributed by atoms with van der Waals surface area (Å²) in [5.41, 5.74) is 0.0623. The van der Waals surface area contributed by atoms with E-state index in [9.17, 15) is 18.4 Å². The maximum absolute atomic E-state index is 13.9. The van der Waals surface area contributed by atoms with E-state index in [1.54, 1.807) is 0 Å². The van der Waals surface area contributed by atoms with Crippen LogP contribution in [0.25, 0.3) is 0 Å². The maximum Gasteiger partial charge on any atom is 0.315 e. The molecule has 3 amide bonds. The molecule has 5 nitrogen and oxygen atoms in total. The fourth-order valence-electron chi connectivity index (χ4n) is 4.79. The molecule has 0 aromatic heterocycles. The molecule has 3 aliphatic rings. The number of urea groups is 1. The lowest BCUT2D eigenvalue weighted by Gasteiger charge is -2.35. The molecule has 1 aromatic carbocycles. The summed E-state index contributed by atoms with van der Waals surface area (Å²) in [5.74, 6) is -0.969. The third-order valence-corrected chi connectivity index (χ3v) is 6.57. The van der Waals surface area contributed by atoms with Crippen molar-refractivity contribution >= 4 is 11.9 Å². The summed E-state index contributed by atoms with van der Waals surface area (Å²) in [5, 5.41) is 5.78. The first-order valence-corrected chi connectivity index (χ1v) is 10.8. The van der Waals surface area contributed by atoms with E-state index in [0.29, 0.717) is 19.5 Å². The van der Waals surface area contributed by atoms with Crippen LogP contribution in [0.1, 0.15) is 62.8 Å². The van der Waals surface area contributed by atoms with E-state index in [2.05, 4.69) is 10.6 Å². The fraction of sp³-hybridized carbons (Fsp3) is 0.636. The van der Waals surface area contributed by atoms with Crippen LogP contribution in [0.3, 0.4) is 0 Å². The van der Waals surface area contributed by atoms with Crippen LogP contribution in [0.4, 0.5) is 13.6 Å². The van der Waals surface area contributed by atoms with Crippen LogP contribution in [-0.4, -0.2) is 42.0 Å². The van der Waals surface area contributed by atoms with Crippen molar-refractivity contribution in [2.45, 2.75) is 69.4 Å². The van der Waals surface area contributed by atoms with Crippen molar-refractivity contribution in [3.8, 4) is 0 Å². The number of hydrogen-bond acceptors (Lipinski definition) is 2. The van der Waals surface area contributed by atoms with Crippen LogP contribution >= 0.6 is 0 Å². The van der Waals surface area contributed by atoms with Crippen molar-refractivity contribution < 1.29 is 18.4 Å². The molecule has 4 rings (SSSR count). The van der Waals surface area contributed by atoms with Crippen molar-refractivity contribution in [1.82, 2.24) is 15.5 Å². The molecule has 7 heteroatoms. The number of carbonyl (C=O) groups is 2. The number of likely N-dealkylation sites (tertiary alicyclic amines) is 1. The number of benzene rings is 1. The summed E-state index contributed by atoms with van der Waals surface area (Å²) in [6.45, 7) is 1.35. The number of nitrogens with one attached hydrogen (secondary N) is 2. The number of hydrogen-bond donors (Lipinski definition) is 2. The molecular weight excluding hydrogens is 376 g/mol. The normalized spacial score (nSPS) is 25.5. The molecule has 0 radical (unpaired) electrons. The summed E-state index contributed by atoms with van der Waals surface area (Å²) in [7, 11) is 0. The maximum atomic E-state index is 13.9. The lowest BCUT2D eigenvalue weighted by Crippen LogP contribution is -2.50. The van der Waals surface area contributed by atoms with Crippen molar-refractivity contribution in [1.29, 1.82) is 0 Å². The number of amides is 3.